The van der Waals surface area contributed by atoms with E-state index in [0.29, 0.717) is 48.0 Å². The van der Waals surface area contributed by atoms with Crippen LogP contribution in [0.3, 0.4) is 0 Å². The third-order valence-electron chi connectivity index (χ3n) is 6.51. The zero-order chi connectivity index (χ0) is 23.6. The van der Waals surface area contributed by atoms with Gasteiger partial charge in [-0.15, -0.1) is 0 Å². The predicted octanol–water partition coefficient (Wildman–Crippen LogP) is 3.03. The van der Waals surface area contributed by atoms with Gasteiger partial charge in [-0.1, -0.05) is 35.9 Å². The van der Waals surface area contributed by atoms with Crippen molar-refractivity contribution in [1.29, 1.82) is 0 Å². The fourth-order valence-electron chi connectivity index (χ4n) is 4.80. The van der Waals surface area contributed by atoms with Crippen LogP contribution < -0.4 is 20.1 Å². The maximum atomic E-state index is 13.2. The molecule has 4 amide bonds. The second kappa shape index (κ2) is 9.31. The van der Waals surface area contributed by atoms with E-state index in [1.165, 1.54) is 14.2 Å². The van der Waals surface area contributed by atoms with E-state index in [1.54, 1.807) is 29.2 Å². The van der Waals surface area contributed by atoms with Crippen molar-refractivity contribution in [3.05, 3.63) is 58.6 Å². The number of methoxy groups -OCH3 is 2. The van der Waals surface area contributed by atoms with Gasteiger partial charge in [0.2, 0.25) is 0 Å². The Morgan fingerprint density at radius 1 is 1.09 bits per heavy atom. The molecule has 2 saturated heterocycles. The van der Waals surface area contributed by atoms with Gasteiger partial charge in [0.25, 0.3) is 11.8 Å². The van der Waals surface area contributed by atoms with Gasteiger partial charge >= 0.3 is 6.03 Å². The number of hydrogen-bond acceptors (Lipinski definition) is 5. The molecule has 2 aliphatic rings. The maximum absolute atomic E-state index is 13.2. The Bertz CT molecular complexity index is 1080. The van der Waals surface area contributed by atoms with E-state index >= 15 is 0 Å². The first-order valence-electron chi connectivity index (χ1n) is 10.8. The molecule has 1 atom stereocenters. The fourth-order valence-corrected chi connectivity index (χ4v) is 5.01. The van der Waals surface area contributed by atoms with Gasteiger partial charge in [-0.05, 0) is 42.5 Å². The molecule has 8 nitrogen and oxygen atoms in total. The third kappa shape index (κ3) is 4.23. The van der Waals surface area contributed by atoms with Crippen LogP contribution in [0.4, 0.5) is 4.79 Å². The molecular formula is C24H26ClN3O5. The Hall–Kier alpha value is -3.26. The summed E-state index contributed by atoms with van der Waals surface area (Å²) in [7, 11) is 3.03. The molecule has 174 valence electrons. The lowest BCUT2D eigenvalue weighted by atomic mass is 9.74. The van der Waals surface area contributed by atoms with E-state index in [-0.39, 0.29) is 24.2 Å². The van der Waals surface area contributed by atoms with Gasteiger partial charge in [0.05, 0.1) is 19.8 Å². The van der Waals surface area contributed by atoms with Gasteiger partial charge in [0, 0.05) is 24.5 Å². The maximum Gasteiger partial charge on any atom is 0.322 e. The molecule has 2 N–H and O–H groups in total. The number of nitrogens with one attached hydrogen (secondary N) is 2. The third-order valence-corrected chi connectivity index (χ3v) is 6.88. The standard InChI is InChI=1S/C24H26ClN3O5/c1-32-19-9-5-7-17(20(19)33-2)21(29)28-12-10-16(11-13-28)24(22(30)26-23(31)27-24)14-15-6-3-4-8-18(15)25/h3-9,16H,10-14H2,1-2H3,(H2,26,27,30,31)/t24-/m1/s1. The largest absolute Gasteiger partial charge is 0.493 e. The number of piperidine rings is 1. The first kappa shape index (κ1) is 22.9. The number of carbonyl (C=O) groups excluding carboxylic acids is 3. The minimum absolute atomic E-state index is 0.156. The second-order valence-corrected chi connectivity index (χ2v) is 8.66. The summed E-state index contributed by atoms with van der Waals surface area (Å²) in [5.41, 5.74) is 0.106. The van der Waals surface area contributed by atoms with Crippen molar-refractivity contribution in [2.24, 2.45) is 5.92 Å². The van der Waals surface area contributed by atoms with E-state index in [0.717, 1.165) is 5.56 Å². The van der Waals surface area contributed by atoms with Crippen molar-refractivity contribution >= 4 is 29.4 Å². The number of halogens is 1. The van der Waals surface area contributed by atoms with Crippen molar-refractivity contribution in [2.75, 3.05) is 27.3 Å². The summed E-state index contributed by atoms with van der Waals surface area (Å²) in [5, 5.41) is 5.81. The summed E-state index contributed by atoms with van der Waals surface area (Å²) in [6.07, 6.45) is 1.39. The molecule has 2 aliphatic heterocycles. The van der Waals surface area contributed by atoms with Crippen molar-refractivity contribution in [1.82, 2.24) is 15.5 Å². The van der Waals surface area contributed by atoms with E-state index in [4.69, 9.17) is 21.1 Å². The molecule has 9 heteroatoms. The zero-order valence-corrected chi connectivity index (χ0v) is 19.3. The zero-order valence-electron chi connectivity index (χ0n) is 18.5. The number of likely N-dealkylation sites (tertiary alicyclic amines) is 1. The van der Waals surface area contributed by atoms with Crippen LogP contribution in [0.2, 0.25) is 5.02 Å². The van der Waals surface area contributed by atoms with Crippen LogP contribution in [0.5, 0.6) is 11.5 Å². The van der Waals surface area contributed by atoms with Crippen LogP contribution in [0.25, 0.3) is 0 Å². The number of benzene rings is 2. The van der Waals surface area contributed by atoms with Crippen LogP contribution in [-0.2, 0) is 11.2 Å². The van der Waals surface area contributed by atoms with Gasteiger partial charge in [-0.3, -0.25) is 14.9 Å². The number of nitrogens with zero attached hydrogens (tertiary/aromatic N) is 1. The van der Waals surface area contributed by atoms with Gasteiger partial charge in [0.15, 0.2) is 11.5 Å². The molecule has 2 fully saturated rings. The van der Waals surface area contributed by atoms with Crippen molar-refractivity contribution < 1.29 is 23.9 Å². The van der Waals surface area contributed by atoms with Crippen LogP contribution >= 0.6 is 11.6 Å². The highest BCUT2D eigenvalue weighted by Crippen LogP contribution is 2.37. The Labute approximate surface area is 197 Å². The van der Waals surface area contributed by atoms with Crippen LogP contribution in [0, 0.1) is 5.92 Å². The van der Waals surface area contributed by atoms with Gasteiger partial charge in [0.1, 0.15) is 5.54 Å². The normalized spacial score (nSPS) is 20.9. The molecule has 0 bridgehead atoms. The van der Waals surface area contributed by atoms with E-state index < -0.39 is 11.6 Å². The predicted molar refractivity (Wildman–Crippen MR) is 123 cm³/mol. The fraction of sp³-hybridized carbons (Fsp3) is 0.375. The first-order chi connectivity index (χ1) is 15.9. The first-order valence-corrected chi connectivity index (χ1v) is 11.1. The Morgan fingerprint density at radius 2 is 1.82 bits per heavy atom. The molecule has 2 aromatic carbocycles. The molecule has 0 aromatic heterocycles. The number of ether oxygens (including phenoxy) is 2. The Balaban J connectivity index is 1.54. The van der Waals surface area contributed by atoms with Gasteiger partial charge in [-0.2, -0.15) is 0 Å². The summed E-state index contributed by atoms with van der Waals surface area (Å²) in [6.45, 7) is 0.884. The molecule has 0 radical (unpaired) electrons. The quantitative estimate of drug-likeness (QED) is 0.631. The smallest absolute Gasteiger partial charge is 0.322 e. The average Bonchev–Trinajstić information content (AvgIpc) is 3.12. The molecule has 2 aromatic rings. The summed E-state index contributed by atoms with van der Waals surface area (Å²) >= 11 is 6.35. The lowest BCUT2D eigenvalue weighted by Crippen LogP contribution is -2.58. The van der Waals surface area contributed by atoms with Gasteiger partial charge < -0.3 is 19.7 Å². The molecule has 0 spiro atoms. The lowest BCUT2D eigenvalue weighted by Gasteiger charge is -2.41. The second-order valence-electron chi connectivity index (χ2n) is 8.26. The van der Waals surface area contributed by atoms with Gasteiger partial charge in [-0.25, -0.2) is 4.79 Å². The Kier molecular flexibility index (Phi) is 6.47. The number of urea groups is 1. The van der Waals surface area contributed by atoms with Crippen LogP contribution in [0.1, 0.15) is 28.8 Å². The number of amides is 4. The van der Waals surface area contributed by atoms with Crippen molar-refractivity contribution in [2.45, 2.75) is 24.8 Å². The SMILES string of the molecule is COc1cccc(C(=O)N2CCC([C@@]3(Cc4ccccc4Cl)NC(=O)NC3=O)CC2)c1OC. The minimum atomic E-state index is -1.11. The molecular weight excluding hydrogens is 446 g/mol. The topological polar surface area (TPSA) is 97.0 Å². The highest BCUT2D eigenvalue weighted by Gasteiger charge is 2.52. The molecule has 4 rings (SSSR count). The van der Waals surface area contributed by atoms with E-state index in [2.05, 4.69) is 10.6 Å². The highest BCUT2D eigenvalue weighted by atomic mass is 35.5. The number of hydrogen-bond donors (Lipinski definition) is 2. The monoisotopic (exact) mass is 471 g/mol. The molecule has 33 heavy (non-hydrogen) atoms. The number of rotatable bonds is 6. The minimum Gasteiger partial charge on any atom is -0.493 e. The summed E-state index contributed by atoms with van der Waals surface area (Å²) in [4.78, 5) is 40.0. The van der Waals surface area contributed by atoms with Crippen LogP contribution in [-0.4, -0.2) is 55.6 Å². The molecule has 2 heterocycles. The molecule has 0 saturated carbocycles. The highest BCUT2D eigenvalue weighted by molar-refractivity contribution is 6.31. The van der Waals surface area contributed by atoms with Crippen molar-refractivity contribution in [3.8, 4) is 11.5 Å². The number of carbonyl (C=O) groups is 3. The number of imide groups is 1. The average molecular weight is 472 g/mol. The number of para-hydroxylation sites is 1. The summed E-state index contributed by atoms with van der Waals surface area (Å²) in [6, 6.07) is 12.0. The van der Waals surface area contributed by atoms with E-state index in [9.17, 15) is 14.4 Å². The molecule has 0 unspecified atom stereocenters. The van der Waals surface area contributed by atoms with Crippen molar-refractivity contribution in [3.63, 3.8) is 0 Å². The summed E-state index contributed by atoms with van der Waals surface area (Å²) in [5.74, 6) is 0.208. The lowest BCUT2D eigenvalue weighted by molar-refractivity contribution is -0.126. The van der Waals surface area contributed by atoms with Crippen LogP contribution in [0.15, 0.2) is 42.5 Å². The summed E-state index contributed by atoms with van der Waals surface area (Å²) < 4.78 is 10.7. The Morgan fingerprint density at radius 3 is 2.42 bits per heavy atom. The van der Waals surface area contributed by atoms with E-state index in [1.807, 2.05) is 18.2 Å². The molecule has 0 aliphatic carbocycles.